The maximum atomic E-state index is 5.66. The minimum atomic E-state index is 0.573. The van der Waals surface area contributed by atoms with E-state index in [1.54, 1.807) is 0 Å². The van der Waals surface area contributed by atoms with E-state index in [1.165, 1.54) is 50.8 Å². The summed E-state index contributed by atoms with van der Waals surface area (Å²) in [5, 5.41) is 3.55. The van der Waals surface area contributed by atoms with Gasteiger partial charge in [-0.25, -0.2) is 0 Å². The topological polar surface area (TPSA) is 28.4 Å². The van der Waals surface area contributed by atoms with E-state index >= 15 is 0 Å². The lowest BCUT2D eigenvalue weighted by Crippen LogP contribution is -2.38. The Morgan fingerprint density at radius 1 is 1.35 bits per heavy atom. The maximum Gasteiger partial charge on any atom is 0.122 e. The first-order chi connectivity index (χ1) is 9.68. The molecule has 1 aromatic heterocycles. The SMILES string of the molecule is CCC1(C)CCN(Cc2ccoc2CNC2CC2)CC1. The van der Waals surface area contributed by atoms with Crippen molar-refractivity contribution in [2.24, 2.45) is 5.41 Å². The number of nitrogens with one attached hydrogen (secondary N) is 1. The summed E-state index contributed by atoms with van der Waals surface area (Å²) in [6.45, 7) is 9.17. The highest BCUT2D eigenvalue weighted by atomic mass is 16.3. The maximum absolute atomic E-state index is 5.66. The molecule has 0 spiro atoms. The van der Waals surface area contributed by atoms with Crippen molar-refractivity contribution in [2.45, 2.75) is 65.1 Å². The fourth-order valence-corrected chi connectivity index (χ4v) is 3.03. The lowest BCUT2D eigenvalue weighted by Gasteiger charge is -2.38. The van der Waals surface area contributed by atoms with Crippen molar-refractivity contribution in [1.82, 2.24) is 10.2 Å². The molecular formula is C17H28N2O. The summed E-state index contributed by atoms with van der Waals surface area (Å²) in [6.07, 6.45) is 8.48. The summed E-state index contributed by atoms with van der Waals surface area (Å²) in [6, 6.07) is 2.89. The van der Waals surface area contributed by atoms with E-state index in [0.717, 1.165) is 24.9 Å². The fraction of sp³-hybridized carbons (Fsp3) is 0.765. The molecule has 1 aliphatic carbocycles. The average molecular weight is 276 g/mol. The van der Waals surface area contributed by atoms with Crippen LogP contribution in [0.2, 0.25) is 0 Å². The van der Waals surface area contributed by atoms with E-state index in [1.807, 2.05) is 6.26 Å². The van der Waals surface area contributed by atoms with Gasteiger partial charge in [0.25, 0.3) is 0 Å². The number of hydrogen-bond donors (Lipinski definition) is 1. The van der Waals surface area contributed by atoms with Gasteiger partial charge in [0, 0.05) is 18.2 Å². The summed E-state index contributed by atoms with van der Waals surface area (Å²) in [5.74, 6) is 1.14. The molecule has 0 bridgehead atoms. The molecule has 3 rings (SSSR count). The number of rotatable bonds is 6. The van der Waals surface area contributed by atoms with E-state index in [9.17, 15) is 0 Å². The summed E-state index contributed by atoms with van der Waals surface area (Å²) < 4.78 is 5.66. The molecule has 1 aliphatic heterocycles. The summed E-state index contributed by atoms with van der Waals surface area (Å²) >= 11 is 0. The third kappa shape index (κ3) is 3.44. The Hall–Kier alpha value is -0.800. The number of piperidine rings is 1. The van der Waals surface area contributed by atoms with E-state index in [4.69, 9.17) is 4.42 Å². The molecule has 0 unspecified atom stereocenters. The van der Waals surface area contributed by atoms with E-state index in [0.29, 0.717) is 5.41 Å². The van der Waals surface area contributed by atoms with Crippen molar-refractivity contribution in [1.29, 1.82) is 0 Å². The molecule has 20 heavy (non-hydrogen) atoms. The highest BCUT2D eigenvalue weighted by molar-refractivity contribution is 5.17. The van der Waals surface area contributed by atoms with Gasteiger partial charge in [0.2, 0.25) is 0 Å². The third-order valence-electron chi connectivity index (χ3n) is 5.28. The molecule has 112 valence electrons. The van der Waals surface area contributed by atoms with Crippen LogP contribution in [-0.2, 0) is 13.1 Å². The van der Waals surface area contributed by atoms with Gasteiger partial charge >= 0.3 is 0 Å². The largest absolute Gasteiger partial charge is 0.468 e. The number of nitrogens with zero attached hydrogens (tertiary/aromatic N) is 1. The molecule has 3 nitrogen and oxygen atoms in total. The first-order valence-electron chi connectivity index (χ1n) is 8.19. The number of furan rings is 1. The van der Waals surface area contributed by atoms with Gasteiger partial charge < -0.3 is 9.73 Å². The predicted octanol–water partition coefficient (Wildman–Crippen LogP) is 3.54. The van der Waals surface area contributed by atoms with Gasteiger partial charge in [-0.15, -0.1) is 0 Å². The van der Waals surface area contributed by atoms with Crippen molar-refractivity contribution in [3.8, 4) is 0 Å². The summed E-state index contributed by atoms with van der Waals surface area (Å²) in [7, 11) is 0. The van der Waals surface area contributed by atoms with Gasteiger partial charge in [0.05, 0.1) is 12.8 Å². The van der Waals surface area contributed by atoms with Gasteiger partial charge in [-0.3, -0.25) is 4.90 Å². The van der Waals surface area contributed by atoms with Gasteiger partial charge in [0.15, 0.2) is 0 Å². The molecule has 0 radical (unpaired) electrons. The van der Waals surface area contributed by atoms with Crippen LogP contribution in [0, 0.1) is 5.41 Å². The minimum Gasteiger partial charge on any atom is -0.468 e. The van der Waals surface area contributed by atoms with Crippen LogP contribution in [0.1, 0.15) is 57.3 Å². The Kier molecular flexibility index (Phi) is 4.18. The molecule has 1 saturated heterocycles. The van der Waals surface area contributed by atoms with Crippen molar-refractivity contribution < 1.29 is 4.42 Å². The van der Waals surface area contributed by atoms with E-state index in [2.05, 4.69) is 30.1 Å². The Morgan fingerprint density at radius 2 is 2.10 bits per heavy atom. The average Bonchev–Trinajstić information content (AvgIpc) is 3.19. The number of likely N-dealkylation sites (tertiary alicyclic amines) is 1. The second-order valence-electron chi connectivity index (χ2n) is 6.96. The van der Waals surface area contributed by atoms with E-state index in [-0.39, 0.29) is 0 Å². The summed E-state index contributed by atoms with van der Waals surface area (Å²) in [5.41, 5.74) is 1.95. The predicted molar refractivity (Wildman–Crippen MR) is 81.5 cm³/mol. The van der Waals surface area contributed by atoms with Crippen LogP contribution in [0.25, 0.3) is 0 Å². The van der Waals surface area contributed by atoms with E-state index < -0.39 is 0 Å². The lowest BCUT2D eigenvalue weighted by molar-refractivity contribution is 0.109. The Labute approximate surface area is 122 Å². The van der Waals surface area contributed by atoms with Crippen molar-refractivity contribution in [3.63, 3.8) is 0 Å². The van der Waals surface area contributed by atoms with Crippen molar-refractivity contribution in [2.75, 3.05) is 13.1 Å². The van der Waals surface area contributed by atoms with Gasteiger partial charge in [-0.05, 0) is 50.3 Å². The second kappa shape index (κ2) is 5.90. The monoisotopic (exact) mass is 276 g/mol. The zero-order chi connectivity index (χ0) is 14.0. The Morgan fingerprint density at radius 3 is 2.75 bits per heavy atom. The zero-order valence-electron chi connectivity index (χ0n) is 13.0. The molecule has 0 atom stereocenters. The molecule has 1 aromatic rings. The highest BCUT2D eigenvalue weighted by Crippen LogP contribution is 2.34. The van der Waals surface area contributed by atoms with Crippen LogP contribution in [0.4, 0.5) is 0 Å². The zero-order valence-corrected chi connectivity index (χ0v) is 13.0. The molecule has 1 saturated carbocycles. The Bertz CT molecular complexity index is 428. The Balaban J connectivity index is 1.51. The molecule has 2 fully saturated rings. The third-order valence-corrected chi connectivity index (χ3v) is 5.28. The smallest absolute Gasteiger partial charge is 0.122 e. The minimum absolute atomic E-state index is 0.573. The lowest BCUT2D eigenvalue weighted by atomic mass is 9.78. The van der Waals surface area contributed by atoms with Gasteiger partial charge in [-0.2, -0.15) is 0 Å². The molecule has 0 amide bonds. The van der Waals surface area contributed by atoms with Crippen LogP contribution >= 0.6 is 0 Å². The molecule has 2 aliphatic rings. The first kappa shape index (κ1) is 14.2. The normalized spacial score (nSPS) is 23.1. The fourth-order valence-electron chi connectivity index (χ4n) is 3.03. The summed E-state index contributed by atoms with van der Waals surface area (Å²) in [4.78, 5) is 2.59. The van der Waals surface area contributed by atoms with Crippen LogP contribution in [0.5, 0.6) is 0 Å². The molecule has 3 heteroatoms. The van der Waals surface area contributed by atoms with Crippen molar-refractivity contribution >= 4 is 0 Å². The van der Waals surface area contributed by atoms with Crippen LogP contribution in [0.3, 0.4) is 0 Å². The molecular weight excluding hydrogens is 248 g/mol. The van der Waals surface area contributed by atoms with Crippen LogP contribution < -0.4 is 5.32 Å². The van der Waals surface area contributed by atoms with Gasteiger partial charge in [0.1, 0.15) is 5.76 Å². The molecule has 0 aromatic carbocycles. The molecule has 2 heterocycles. The highest BCUT2D eigenvalue weighted by Gasteiger charge is 2.28. The standard InChI is InChI=1S/C17H28N2O/c1-3-17(2)7-9-19(10-8-17)13-14-6-11-20-16(14)12-18-15-4-5-15/h6,11,15,18H,3-5,7-10,12-13H2,1-2H3. The van der Waals surface area contributed by atoms with Crippen LogP contribution in [0.15, 0.2) is 16.7 Å². The van der Waals surface area contributed by atoms with Gasteiger partial charge in [-0.1, -0.05) is 20.3 Å². The quantitative estimate of drug-likeness (QED) is 0.861. The molecule has 1 N–H and O–H groups in total. The first-order valence-corrected chi connectivity index (χ1v) is 8.19. The van der Waals surface area contributed by atoms with Crippen LogP contribution in [-0.4, -0.2) is 24.0 Å². The second-order valence-corrected chi connectivity index (χ2v) is 6.96. The van der Waals surface area contributed by atoms with Crippen molar-refractivity contribution in [3.05, 3.63) is 23.7 Å². The number of hydrogen-bond acceptors (Lipinski definition) is 3.